The van der Waals surface area contributed by atoms with Crippen molar-refractivity contribution in [3.63, 3.8) is 0 Å². The molecule has 94 valence electrons. The molecular weight excluding hydrogens is 252 g/mol. The highest BCUT2D eigenvalue weighted by Crippen LogP contribution is 2.10. The SMILES string of the molecule is CCCNc1cncc(C(=O)Nc2nncs2)n1. The topological polar surface area (TPSA) is 92.7 Å². The van der Waals surface area contributed by atoms with E-state index in [4.69, 9.17) is 0 Å². The van der Waals surface area contributed by atoms with Crippen molar-refractivity contribution in [2.75, 3.05) is 17.2 Å². The van der Waals surface area contributed by atoms with E-state index >= 15 is 0 Å². The molecule has 0 aromatic carbocycles. The van der Waals surface area contributed by atoms with E-state index in [1.807, 2.05) is 6.92 Å². The summed E-state index contributed by atoms with van der Waals surface area (Å²) in [4.78, 5) is 20.0. The van der Waals surface area contributed by atoms with Gasteiger partial charge in [-0.3, -0.25) is 15.1 Å². The molecule has 0 unspecified atom stereocenters. The third kappa shape index (κ3) is 3.20. The van der Waals surface area contributed by atoms with Crippen LogP contribution < -0.4 is 10.6 Å². The maximum absolute atomic E-state index is 11.8. The van der Waals surface area contributed by atoms with Crippen LogP contribution in [0.25, 0.3) is 0 Å². The molecule has 0 spiro atoms. The van der Waals surface area contributed by atoms with Crippen LogP contribution in [0, 0.1) is 0 Å². The summed E-state index contributed by atoms with van der Waals surface area (Å²) in [5, 5.41) is 13.5. The lowest BCUT2D eigenvalue weighted by molar-refractivity contribution is 0.102. The highest BCUT2D eigenvalue weighted by molar-refractivity contribution is 7.13. The number of hydrogen-bond donors (Lipinski definition) is 2. The monoisotopic (exact) mass is 264 g/mol. The van der Waals surface area contributed by atoms with E-state index in [0.29, 0.717) is 10.9 Å². The normalized spacial score (nSPS) is 10.1. The summed E-state index contributed by atoms with van der Waals surface area (Å²) in [6.07, 6.45) is 3.97. The zero-order chi connectivity index (χ0) is 12.8. The Bertz CT molecular complexity index is 515. The lowest BCUT2D eigenvalue weighted by Crippen LogP contribution is -2.15. The molecule has 0 atom stereocenters. The van der Waals surface area contributed by atoms with Gasteiger partial charge in [-0.1, -0.05) is 18.3 Å². The molecule has 7 nitrogen and oxygen atoms in total. The van der Waals surface area contributed by atoms with E-state index in [-0.39, 0.29) is 11.6 Å². The van der Waals surface area contributed by atoms with Crippen LogP contribution in [0.5, 0.6) is 0 Å². The van der Waals surface area contributed by atoms with Crippen LogP contribution in [0.15, 0.2) is 17.9 Å². The fraction of sp³-hybridized carbons (Fsp3) is 0.300. The fourth-order valence-electron chi connectivity index (χ4n) is 1.20. The Hall–Kier alpha value is -2.09. The summed E-state index contributed by atoms with van der Waals surface area (Å²) in [5.74, 6) is 0.237. The molecule has 2 rings (SSSR count). The van der Waals surface area contributed by atoms with Crippen molar-refractivity contribution in [2.24, 2.45) is 0 Å². The number of rotatable bonds is 5. The van der Waals surface area contributed by atoms with Gasteiger partial charge in [-0.2, -0.15) is 0 Å². The average Bonchev–Trinajstić information content (AvgIpc) is 2.89. The second kappa shape index (κ2) is 6.01. The Morgan fingerprint density at radius 1 is 1.44 bits per heavy atom. The number of anilines is 2. The van der Waals surface area contributed by atoms with E-state index in [1.54, 1.807) is 11.7 Å². The molecule has 0 bridgehead atoms. The van der Waals surface area contributed by atoms with Gasteiger partial charge in [0.25, 0.3) is 5.91 Å². The number of hydrogen-bond acceptors (Lipinski definition) is 7. The van der Waals surface area contributed by atoms with Crippen LogP contribution >= 0.6 is 11.3 Å². The molecule has 2 aromatic rings. The number of amides is 1. The van der Waals surface area contributed by atoms with Gasteiger partial charge in [0.2, 0.25) is 5.13 Å². The molecule has 2 aromatic heterocycles. The molecule has 0 aliphatic carbocycles. The molecular formula is C10H12N6OS. The molecule has 2 heterocycles. The second-order valence-electron chi connectivity index (χ2n) is 3.41. The van der Waals surface area contributed by atoms with E-state index < -0.39 is 0 Å². The second-order valence-corrected chi connectivity index (χ2v) is 4.25. The molecule has 0 aliphatic heterocycles. The molecule has 2 N–H and O–H groups in total. The Morgan fingerprint density at radius 2 is 2.33 bits per heavy atom. The van der Waals surface area contributed by atoms with E-state index in [0.717, 1.165) is 13.0 Å². The van der Waals surface area contributed by atoms with Crippen molar-refractivity contribution < 1.29 is 4.79 Å². The van der Waals surface area contributed by atoms with Gasteiger partial charge in [0.1, 0.15) is 17.0 Å². The molecule has 0 saturated heterocycles. The Morgan fingerprint density at radius 3 is 3.06 bits per heavy atom. The van der Waals surface area contributed by atoms with Crippen molar-refractivity contribution >= 4 is 28.2 Å². The third-order valence-electron chi connectivity index (χ3n) is 2.00. The quantitative estimate of drug-likeness (QED) is 0.848. The van der Waals surface area contributed by atoms with Crippen molar-refractivity contribution in [3.05, 3.63) is 23.6 Å². The summed E-state index contributed by atoms with van der Waals surface area (Å²) in [7, 11) is 0. The summed E-state index contributed by atoms with van der Waals surface area (Å²) in [5.41, 5.74) is 1.78. The van der Waals surface area contributed by atoms with Gasteiger partial charge in [0.15, 0.2) is 0 Å². The van der Waals surface area contributed by atoms with Gasteiger partial charge < -0.3 is 5.32 Å². The first-order valence-electron chi connectivity index (χ1n) is 5.43. The van der Waals surface area contributed by atoms with Gasteiger partial charge in [-0.15, -0.1) is 10.2 Å². The first kappa shape index (κ1) is 12.4. The standard InChI is InChI=1S/C10H12N6OS/c1-2-3-12-8-5-11-4-7(14-8)9(17)15-10-16-13-6-18-10/h4-6H,2-3H2,1H3,(H,12,14)(H,15,16,17). The average molecular weight is 264 g/mol. The van der Waals surface area contributed by atoms with Crippen molar-refractivity contribution in [1.29, 1.82) is 0 Å². The van der Waals surface area contributed by atoms with E-state index in [1.165, 1.54) is 17.5 Å². The number of aromatic nitrogens is 4. The Kier molecular flexibility index (Phi) is 4.13. The third-order valence-corrected chi connectivity index (χ3v) is 2.61. The van der Waals surface area contributed by atoms with E-state index in [2.05, 4.69) is 30.8 Å². The number of carbonyl (C=O) groups is 1. The van der Waals surface area contributed by atoms with Gasteiger partial charge in [-0.05, 0) is 6.42 Å². The Labute approximate surface area is 108 Å². The maximum atomic E-state index is 11.8. The van der Waals surface area contributed by atoms with Gasteiger partial charge in [0, 0.05) is 6.54 Å². The number of nitrogens with one attached hydrogen (secondary N) is 2. The summed E-state index contributed by atoms with van der Waals surface area (Å²) >= 11 is 1.25. The zero-order valence-electron chi connectivity index (χ0n) is 9.75. The van der Waals surface area contributed by atoms with Gasteiger partial charge in [-0.25, -0.2) is 4.98 Å². The minimum Gasteiger partial charge on any atom is -0.369 e. The Balaban J connectivity index is 2.05. The smallest absolute Gasteiger partial charge is 0.277 e. The van der Waals surface area contributed by atoms with Crippen LogP contribution in [-0.2, 0) is 0 Å². The summed E-state index contributed by atoms with van der Waals surface area (Å²) < 4.78 is 0. The van der Waals surface area contributed by atoms with Gasteiger partial charge >= 0.3 is 0 Å². The lowest BCUT2D eigenvalue weighted by atomic mass is 10.4. The molecule has 8 heteroatoms. The van der Waals surface area contributed by atoms with Crippen molar-refractivity contribution in [1.82, 2.24) is 20.2 Å². The summed E-state index contributed by atoms with van der Waals surface area (Å²) in [6.45, 7) is 2.84. The first-order valence-corrected chi connectivity index (χ1v) is 6.31. The minimum atomic E-state index is -0.348. The molecule has 0 fully saturated rings. The molecule has 0 aliphatic rings. The van der Waals surface area contributed by atoms with Crippen LogP contribution in [0.4, 0.5) is 10.9 Å². The highest BCUT2D eigenvalue weighted by Gasteiger charge is 2.10. The van der Waals surface area contributed by atoms with E-state index in [9.17, 15) is 4.79 Å². The number of carbonyl (C=O) groups excluding carboxylic acids is 1. The van der Waals surface area contributed by atoms with Crippen LogP contribution in [0.2, 0.25) is 0 Å². The molecule has 18 heavy (non-hydrogen) atoms. The minimum absolute atomic E-state index is 0.242. The molecule has 0 radical (unpaired) electrons. The van der Waals surface area contributed by atoms with Crippen molar-refractivity contribution in [3.8, 4) is 0 Å². The summed E-state index contributed by atoms with van der Waals surface area (Å²) in [6, 6.07) is 0. The molecule has 1 amide bonds. The highest BCUT2D eigenvalue weighted by atomic mass is 32.1. The molecule has 0 saturated carbocycles. The van der Waals surface area contributed by atoms with Crippen molar-refractivity contribution in [2.45, 2.75) is 13.3 Å². The van der Waals surface area contributed by atoms with Crippen LogP contribution in [-0.4, -0.2) is 32.6 Å². The lowest BCUT2D eigenvalue weighted by Gasteiger charge is -2.05. The first-order chi connectivity index (χ1) is 8.79. The predicted molar refractivity (Wildman–Crippen MR) is 68.7 cm³/mol. The number of nitrogens with zero attached hydrogens (tertiary/aromatic N) is 4. The predicted octanol–water partition coefficient (Wildman–Crippen LogP) is 1.40. The zero-order valence-corrected chi connectivity index (χ0v) is 10.6. The maximum Gasteiger partial charge on any atom is 0.277 e. The largest absolute Gasteiger partial charge is 0.369 e. The van der Waals surface area contributed by atoms with Crippen LogP contribution in [0.1, 0.15) is 23.8 Å². The van der Waals surface area contributed by atoms with Gasteiger partial charge in [0.05, 0.1) is 12.4 Å². The van der Waals surface area contributed by atoms with Crippen LogP contribution in [0.3, 0.4) is 0 Å². The fourth-order valence-corrected chi connectivity index (χ4v) is 1.64.